The molecule has 0 unspecified atom stereocenters. The Morgan fingerprint density at radius 3 is 2.50 bits per heavy atom. The summed E-state index contributed by atoms with van der Waals surface area (Å²) < 4.78 is 49.3. The first kappa shape index (κ1) is 28.8. The van der Waals surface area contributed by atoms with Gasteiger partial charge in [0.15, 0.2) is 28.9 Å². The van der Waals surface area contributed by atoms with Crippen molar-refractivity contribution < 1.29 is 33.2 Å². The maximum absolute atomic E-state index is 15.4. The Hall–Kier alpha value is -3.78. The van der Waals surface area contributed by atoms with Crippen LogP contribution in [-0.4, -0.2) is 40.5 Å². The zero-order chi connectivity index (χ0) is 28.4. The molecule has 0 aliphatic carbocycles. The number of halogens is 4. The zero-order valence-corrected chi connectivity index (χ0v) is 21.3. The summed E-state index contributed by atoms with van der Waals surface area (Å²) in [5.74, 6) is -7.89. The van der Waals surface area contributed by atoms with E-state index in [0.717, 1.165) is 21.5 Å². The van der Waals surface area contributed by atoms with E-state index in [1.54, 1.807) is 6.92 Å². The predicted octanol–water partition coefficient (Wildman–Crippen LogP) is 3.33. The predicted molar refractivity (Wildman–Crippen MR) is 132 cm³/mol. The normalized spacial score (nSPS) is 13.4. The fraction of sp³-hybridized carbons (Fsp3) is 0.250. The van der Waals surface area contributed by atoms with Crippen molar-refractivity contribution in [3.63, 3.8) is 0 Å². The monoisotopic (exact) mass is 553 g/mol. The summed E-state index contributed by atoms with van der Waals surface area (Å²) in [6.07, 6.45) is 5.49. The van der Waals surface area contributed by atoms with Crippen molar-refractivity contribution in [3.05, 3.63) is 92.8 Å². The van der Waals surface area contributed by atoms with Crippen LogP contribution >= 0.6 is 11.6 Å². The molecular formula is C24H23ClF3N5O5. The lowest BCUT2D eigenvalue weighted by Gasteiger charge is -2.23. The number of rotatable bonds is 7. The van der Waals surface area contributed by atoms with Crippen LogP contribution < -0.4 is 10.3 Å². The fourth-order valence-electron chi connectivity index (χ4n) is 3.10. The van der Waals surface area contributed by atoms with Gasteiger partial charge in [-0.15, -0.1) is 0 Å². The molecule has 0 saturated heterocycles. The fourth-order valence-corrected chi connectivity index (χ4v) is 3.28. The van der Waals surface area contributed by atoms with Gasteiger partial charge in [0.05, 0.1) is 18.1 Å². The van der Waals surface area contributed by atoms with E-state index in [9.17, 15) is 28.9 Å². The number of allylic oxidation sites excluding steroid dienone is 2. The second-order valence-electron chi connectivity index (χ2n) is 8.45. The van der Waals surface area contributed by atoms with Gasteiger partial charge in [-0.2, -0.15) is 5.10 Å². The van der Waals surface area contributed by atoms with E-state index in [2.05, 4.69) is 15.1 Å². The highest BCUT2D eigenvalue weighted by molar-refractivity contribution is 6.31. The van der Waals surface area contributed by atoms with Gasteiger partial charge < -0.3 is 20.1 Å². The number of aliphatic imine (C=N–C) groups is 1. The molecule has 38 heavy (non-hydrogen) atoms. The van der Waals surface area contributed by atoms with Gasteiger partial charge >= 0.3 is 5.97 Å². The highest BCUT2D eigenvalue weighted by Gasteiger charge is 2.36. The van der Waals surface area contributed by atoms with Gasteiger partial charge in [-0.05, 0) is 33.8 Å². The van der Waals surface area contributed by atoms with E-state index in [1.165, 1.54) is 45.3 Å². The molecule has 0 amide bonds. The molecule has 0 aliphatic rings. The van der Waals surface area contributed by atoms with Gasteiger partial charge in [0.2, 0.25) is 0 Å². The number of nitrogens with zero attached hydrogens (tertiary/aromatic N) is 5. The van der Waals surface area contributed by atoms with Crippen molar-refractivity contribution in [2.75, 3.05) is 0 Å². The van der Waals surface area contributed by atoms with Crippen LogP contribution in [0.15, 0.2) is 58.5 Å². The highest BCUT2D eigenvalue weighted by Crippen LogP contribution is 2.29. The van der Waals surface area contributed by atoms with Crippen LogP contribution in [0.3, 0.4) is 0 Å². The van der Waals surface area contributed by atoms with Crippen molar-refractivity contribution in [1.29, 1.82) is 0 Å². The molecule has 0 radical (unpaired) electrons. The lowest BCUT2D eigenvalue weighted by atomic mass is 10.1. The van der Waals surface area contributed by atoms with Gasteiger partial charge in [-0.25, -0.2) is 27.8 Å². The molecule has 0 fully saturated rings. The first-order chi connectivity index (χ1) is 17.7. The summed E-state index contributed by atoms with van der Waals surface area (Å²) in [7, 11) is 0. The van der Waals surface area contributed by atoms with Crippen LogP contribution in [-0.2, 0) is 11.6 Å². The van der Waals surface area contributed by atoms with Crippen LogP contribution in [0.4, 0.5) is 13.2 Å². The maximum atomic E-state index is 15.4. The van der Waals surface area contributed by atoms with E-state index in [4.69, 9.17) is 16.3 Å². The van der Waals surface area contributed by atoms with Gasteiger partial charge in [0.25, 0.3) is 5.56 Å². The minimum Gasteiger partial charge on any atom is -0.433 e. The van der Waals surface area contributed by atoms with E-state index >= 15 is 4.39 Å². The van der Waals surface area contributed by atoms with Crippen LogP contribution in [0.2, 0.25) is 5.02 Å². The summed E-state index contributed by atoms with van der Waals surface area (Å²) in [6, 6.07) is 2.87. The molecule has 0 atom stereocenters. The smallest absolute Gasteiger partial charge is 0.372 e. The van der Waals surface area contributed by atoms with E-state index in [-0.39, 0.29) is 17.2 Å². The summed E-state index contributed by atoms with van der Waals surface area (Å²) in [4.78, 5) is 20.2. The van der Waals surface area contributed by atoms with Gasteiger partial charge in [0.1, 0.15) is 16.4 Å². The highest BCUT2D eigenvalue weighted by atomic mass is 35.5. The SMILES string of the molecule is C/C=C/N=C(/C(F)=C/n1c(C)cc(OC(O)(O)c2ncc(F)cc2F)c(Cl)c1=O)n1ccc(C(C)(C)O)n1. The quantitative estimate of drug-likeness (QED) is 0.232. The third-order valence-corrected chi connectivity index (χ3v) is 5.29. The van der Waals surface area contributed by atoms with Crippen molar-refractivity contribution in [2.24, 2.45) is 4.99 Å². The molecule has 3 heterocycles. The minimum atomic E-state index is -3.43. The first-order valence-corrected chi connectivity index (χ1v) is 11.3. The molecule has 10 nitrogen and oxygen atoms in total. The second kappa shape index (κ2) is 10.9. The Bertz CT molecular complexity index is 1510. The molecule has 3 N–H and O–H groups in total. The molecule has 14 heteroatoms. The van der Waals surface area contributed by atoms with Crippen molar-refractivity contribution >= 4 is 23.6 Å². The lowest BCUT2D eigenvalue weighted by molar-refractivity contribution is -0.308. The molecule has 0 aliphatic heterocycles. The Morgan fingerprint density at radius 1 is 1.24 bits per heavy atom. The third-order valence-electron chi connectivity index (χ3n) is 4.95. The molecule has 3 aromatic heterocycles. The number of aryl methyl sites for hydroxylation is 1. The summed E-state index contributed by atoms with van der Waals surface area (Å²) in [6.45, 7) is 6.00. The number of pyridine rings is 2. The Labute approximate surface area is 219 Å². The molecule has 3 aromatic rings. The molecule has 0 saturated carbocycles. The maximum Gasteiger partial charge on any atom is 0.372 e. The molecule has 0 bridgehead atoms. The Balaban J connectivity index is 2.03. The molecular weight excluding hydrogens is 531 g/mol. The van der Waals surface area contributed by atoms with Crippen molar-refractivity contribution in [3.8, 4) is 5.75 Å². The second-order valence-corrected chi connectivity index (χ2v) is 8.83. The number of hydrogen-bond donors (Lipinski definition) is 3. The molecule has 0 aromatic carbocycles. The van der Waals surface area contributed by atoms with Gasteiger partial charge in [-0.1, -0.05) is 17.7 Å². The zero-order valence-electron chi connectivity index (χ0n) is 20.5. The van der Waals surface area contributed by atoms with Crippen molar-refractivity contribution in [1.82, 2.24) is 19.3 Å². The average molecular weight is 554 g/mol. The average Bonchev–Trinajstić information content (AvgIpc) is 3.30. The van der Waals surface area contributed by atoms with E-state index in [1.807, 2.05) is 0 Å². The summed E-state index contributed by atoms with van der Waals surface area (Å²) >= 11 is 6.05. The first-order valence-electron chi connectivity index (χ1n) is 10.9. The number of hydrogen-bond acceptors (Lipinski definition) is 8. The number of aliphatic hydroxyl groups is 3. The minimum absolute atomic E-state index is 0.0101. The standard InChI is InChI=1S/C24H23ClF3N5O5/c1-5-7-29-21(33-8-6-18(31-33)23(3,4)35)16(28)12-32-13(2)9-17(19(25)22(32)34)38-24(36,37)20-15(27)10-14(26)11-30-20/h5-12,35-37H,1-4H3/b7-5+,16-12-,29-21-. The third kappa shape index (κ3) is 6.19. The summed E-state index contributed by atoms with van der Waals surface area (Å²) in [5.41, 5.74) is -3.19. The van der Waals surface area contributed by atoms with Crippen LogP contribution in [0, 0.1) is 18.6 Å². The largest absolute Gasteiger partial charge is 0.433 e. The van der Waals surface area contributed by atoms with Crippen molar-refractivity contribution in [2.45, 2.75) is 39.3 Å². The van der Waals surface area contributed by atoms with Crippen LogP contribution in [0.1, 0.15) is 37.9 Å². The van der Waals surface area contributed by atoms with Crippen LogP contribution in [0.25, 0.3) is 6.20 Å². The molecule has 3 rings (SSSR count). The van der Waals surface area contributed by atoms with Crippen LogP contribution in [0.5, 0.6) is 5.75 Å². The number of ether oxygens (including phenoxy) is 1. The van der Waals surface area contributed by atoms with Gasteiger partial charge in [0, 0.05) is 30.2 Å². The Kier molecular flexibility index (Phi) is 8.27. The molecule has 202 valence electrons. The topological polar surface area (TPSA) is 135 Å². The van der Waals surface area contributed by atoms with Gasteiger partial charge in [-0.3, -0.25) is 9.36 Å². The molecule has 0 spiro atoms. The van der Waals surface area contributed by atoms with E-state index in [0.29, 0.717) is 12.3 Å². The summed E-state index contributed by atoms with van der Waals surface area (Å²) in [5, 5.41) is 34.0. The lowest BCUT2D eigenvalue weighted by Crippen LogP contribution is -2.35. The number of aromatic nitrogens is 4. The Morgan fingerprint density at radius 2 is 1.92 bits per heavy atom. The van der Waals surface area contributed by atoms with E-state index < -0.39 is 51.1 Å².